The second-order valence-electron chi connectivity index (χ2n) is 5.15. The molecule has 0 aliphatic rings. The minimum absolute atomic E-state index is 0.191. The quantitative estimate of drug-likeness (QED) is 0.874. The highest BCUT2D eigenvalue weighted by atomic mass is 16.5. The third-order valence-corrected chi connectivity index (χ3v) is 3.14. The van der Waals surface area contributed by atoms with Gasteiger partial charge in [-0.15, -0.1) is 0 Å². The number of rotatable bonds is 6. The van der Waals surface area contributed by atoms with Crippen LogP contribution in [0.3, 0.4) is 0 Å². The van der Waals surface area contributed by atoms with E-state index in [4.69, 9.17) is 4.74 Å². The van der Waals surface area contributed by atoms with Crippen LogP contribution < -0.4 is 10.1 Å². The number of pyridine rings is 1. The van der Waals surface area contributed by atoms with Gasteiger partial charge in [-0.1, -0.05) is 18.2 Å². The van der Waals surface area contributed by atoms with Gasteiger partial charge in [-0.2, -0.15) is 0 Å². The van der Waals surface area contributed by atoms with Gasteiger partial charge in [-0.05, 0) is 56.6 Å². The van der Waals surface area contributed by atoms with E-state index in [1.807, 2.05) is 45.3 Å². The van der Waals surface area contributed by atoms with Gasteiger partial charge in [-0.3, -0.25) is 4.98 Å². The zero-order valence-corrected chi connectivity index (χ0v) is 12.3. The summed E-state index contributed by atoms with van der Waals surface area (Å²) in [5.74, 6) is 0.920. The summed E-state index contributed by atoms with van der Waals surface area (Å²) in [7, 11) is 1.98. The lowest BCUT2D eigenvalue weighted by atomic mass is 10.00. The van der Waals surface area contributed by atoms with Crippen molar-refractivity contribution in [1.29, 1.82) is 0 Å². The zero-order valence-electron chi connectivity index (χ0n) is 12.3. The molecule has 20 heavy (non-hydrogen) atoms. The first-order valence-electron chi connectivity index (χ1n) is 7.02. The lowest BCUT2D eigenvalue weighted by Crippen LogP contribution is -2.19. The predicted octanol–water partition coefficient (Wildman–Crippen LogP) is 3.37. The molecule has 0 spiro atoms. The summed E-state index contributed by atoms with van der Waals surface area (Å²) in [5, 5.41) is 3.36. The molecule has 3 nitrogen and oxygen atoms in total. The molecule has 0 saturated carbocycles. The van der Waals surface area contributed by atoms with Crippen LogP contribution in [-0.4, -0.2) is 18.1 Å². The molecule has 106 valence electrons. The number of nitrogens with one attached hydrogen (secondary N) is 1. The van der Waals surface area contributed by atoms with Crippen LogP contribution in [0.25, 0.3) is 0 Å². The fraction of sp³-hybridized carbons (Fsp3) is 0.353. The first kappa shape index (κ1) is 14.5. The molecule has 0 bridgehead atoms. The monoisotopic (exact) mass is 270 g/mol. The zero-order chi connectivity index (χ0) is 14.4. The number of nitrogens with zero attached hydrogens (tertiary/aromatic N) is 1. The van der Waals surface area contributed by atoms with Gasteiger partial charge in [0.25, 0.3) is 0 Å². The van der Waals surface area contributed by atoms with Crippen LogP contribution in [0.2, 0.25) is 0 Å². The highest BCUT2D eigenvalue weighted by molar-refractivity contribution is 5.31. The topological polar surface area (TPSA) is 34.2 Å². The number of ether oxygens (including phenoxy) is 1. The molecule has 2 rings (SSSR count). The van der Waals surface area contributed by atoms with Crippen LogP contribution in [0, 0.1) is 0 Å². The number of benzene rings is 1. The molecule has 3 heteroatoms. The molecule has 1 atom stereocenters. The van der Waals surface area contributed by atoms with E-state index in [9.17, 15) is 0 Å². The van der Waals surface area contributed by atoms with E-state index >= 15 is 0 Å². The van der Waals surface area contributed by atoms with Gasteiger partial charge in [0.2, 0.25) is 0 Å². The summed E-state index contributed by atoms with van der Waals surface area (Å²) < 4.78 is 5.76. The summed E-state index contributed by atoms with van der Waals surface area (Å²) in [6.07, 6.45) is 4.82. The normalized spacial score (nSPS) is 12.4. The van der Waals surface area contributed by atoms with Crippen LogP contribution in [0.1, 0.15) is 31.0 Å². The summed E-state index contributed by atoms with van der Waals surface area (Å²) in [5.41, 5.74) is 2.46. The molecule has 0 saturated heterocycles. The van der Waals surface area contributed by atoms with E-state index in [-0.39, 0.29) is 12.1 Å². The lowest BCUT2D eigenvalue weighted by molar-refractivity contribution is 0.242. The summed E-state index contributed by atoms with van der Waals surface area (Å²) in [6, 6.07) is 12.6. The maximum Gasteiger partial charge on any atom is 0.120 e. The molecule has 1 N–H and O–H groups in total. The Morgan fingerprint density at radius 3 is 2.70 bits per heavy atom. The highest BCUT2D eigenvalue weighted by Crippen LogP contribution is 2.22. The van der Waals surface area contributed by atoms with Gasteiger partial charge in [0.1, 0.15) is 5.75 Å². The standard InChI is InChI=1S/C17H22N2O/c1-13(2)20-16-8-4-7-15(11-16)17(18-3)10-14-6-5-9-19-12-14/h4-9,11-13,17-18H,10H2,1-3H3. The van der Waals surface area contributed by atoms with Crippen LogP contribution in [-0.2, 0) is 6.42 Å². The third kappa shape index (κ3) is 4.07. The first-order valence-corrected chi connectivity index (χ1v) is 7.02. The molecule has 0 amide bonds. The molecular weight excluding hydrogens is 248 g/mol. The van der Waals surface area contributed by atoms with Crippen molar-refractivity contribution in [3.8, 4) is 5.75 Å². The van der Waals surface area contributed by atoms with Crippen LogP contribution in [0.15, 0.2) is 48.8 Å². The first-order chi connectivity index (χ1) is 9.69. The molecule has 0 aliphatic heterocycles. The average molecular weight is 270 g/mol. The van der Waals surface area contributed by atoms with Crippen molar-refractivity contribution in [2.45, 2.75) is 32.4 Å². The molecule has 1 aromatic heterocycles. The fourth-order valence-corrected chi connectivity index (χ4v) is 2.22. The number of hydrogen-bond donors (Lipinski definition) is 1. The Kier molecular flexibility index (Phi) is 5.13. The van der Waals surface area contributed by atoms with Crippen molar-refractivity contribution in [3.63, 3.8) is 0 Å². The maximum atomic E-state index is 5.76. The van der Waals surface area contributed by atoms with Gasteiger partial charge in [0.05, 0.1) is 6.10 Å². The summed E-state index contributed by atoms with van der Waals surface area (Å²) in [6.45, 7) is 4.08. The van der Waals surface area contributed by atoms with E-state index in [2.05, 4.69) is 28.5 Å². The fourth-order valence-electron chi connectivity index (χ4n) is 2.22. The Morgan fingerprint density at radius 2 is 2.05 bits per heavy atom. The Morgan fingerprint density at radius 1 is 1.20 bits per heavy atom. The third-order valence-electron chi connectivity index (χ3n) is 3.14. The highest BCUT2D eigenvalue weighted by Gasteiger charge is 2.11. The van der Waals surface area contributed by atoms with Crippen molar-refractivity contribution >= 4 is 0 Å². The second-order valence-corrected chi connectivity index (χ2v) is 5.15. The van der Waals surface area contributed by atoms with E-state index in [0.29, 0.717) is 0 Å². The Balaban J connectivity index is 2.15. The van der Waals surface area contributed by atoms with Gasteiger partial charge in [-0.25, -0.2) is 0 Å². The summed E-state index contributed by atoms with van der Waals surface area (Å²) >= 11 is 0. The van der Waals surface area contributed by atoms with E-state index < -0.39 is 0 Å². The number of hydrogen-bond acceptors (Lipinski definition) is 3. The van der Waals surface area contributed by atoms with Gasteiger partial charge >= 0.3 is 0 Å². The molecule has 0 fully saturated rings. The molecule has 2 aromatic rings. The molecular formula is C17H22N2O. The minimum atomic E-state index is 0.191. The largest absolute Gasteiger partial charge is 0.491 e. The van der Waals surface area contributed by atoms with E-state index in [1.165, 1.54) is 11.1 Å². The molecule has 1 aromatic carbocycles. The van der Waals surface area contributed by atoms with Crippen molar-refractivity contribution in [2.24, 2.45) is 0 Å². The molecule has 1 unspecified atom stereocenters. The van der Waals surface area contributed by atoms with E-state index in [1.54, 1.807) is 6.20 Å². The van der Waals surface area contributed by atoms with Gasteiger partial charge in [0.15, 0.2) is 0 Å². The Bertz CT molecular complexity index is 526. The van der Waals surface area contributed by atoms with Crippen molar-refractivity contribution < 1.29 is 4.74 Å². The molecule has 1 heterocycles. The molecule has 0 aliphatic carbocycles. The van der Waals surface area contributed by atoms with Gasteiger partial charge in [0, 0.05) is 18.4 Å². The van der Waals surface area contributed by atoms with Gasteiger partial charge < -0.3 is 10.1 Å². The maximum absolute atomic E-state index is 5.76. The van der Waals surface area contributed by atoms with E-state index in [0.717, 1.165) is 12.2 Å². The molecule has 0 radical (unpaired) electrons. The van der Waals surface area contributed by atoms with Crippen LogP contribution >= 0.6 is 0 Å². The van der Waals surface area contributed by atoms with Crippen LogP contribution in [0.4, 0.5) is 0 Å². The second kappa shape index (κ2) is 7.06. The number of aromatic nitrogens is 1. The van der Waals surface area contributed by atoms with Crippen molar-refractivity contribution in [3.05, 3.63) is 59.9 Å². The summed E-state index contributed by atoms with van der Waals surface area (Å²) in [4.78, 5) is 4.17. The van der Waals surface area contributed by atoms with Crippen molar-refractivity contribution in [1.82, 2.24) is 10.3 Å². The number of likely N-dealkylation sites (N-methyl/N-ethyl adjacent to an activating group) is 1. The Hall–Kier alpha value is -1.87. The Labute approximate surface area is 121 Å². The smallest absolute Gasteiger partial charge is 0.120 e. The minimum Gasteiger partial charge on any atom is -0.491 e. The average Bonchev–Trinajstić information content (AvgIpc) is 2.45. The van der Waals surface area contributed by atoms with Crippen molar-refractivity contribution in [2.75, 3.05) is 7.05 Å². The SMILES string of the molecule is CNC(Cc1cccnc1)c1cccc(OC(C)C)c1. The predicted molar refractivity (Wildman–Crippen MR) is 81.9 cm³/mol. The lowest BCUT2D eigenvalue weighted by Gasteiger charge is -2.18. The van der Waals surface area contributed by atoms with Crippen LogP contribution in [0.5, 0.6) is 5.75 Å².